The highest BCUT2D eigenvalue weighted by molar-refractivity contribution is 6.34. The average molecular weight is 520 g/mol. The summed E-state index contributed by atoms with van der Waals surface area (Å²) in [5, 5.41) is 3.95. The third kappa shape index (κ3) is 4.30. The number of halogens is 2. The van der Waals surface area contributed by atoms with Gasteiger partial charge in [-0.15, -0.1) is 0 Å². The number of carbonyl (C=O) groups is 2. The Morgan fingerprint density at radius 1 is 0.889 bits per heavy atom. The smallest absolute Gasteiger partial charge is 0.258 e. The molecule has 1 atom stereocenters. The summed E-state index contributed by atoms with van der Waals surface area (Å²) in [4.78, 5) is 31.0. The van der Waals surface area contributed by atoms with Crippen molar-refractivity contribution in [3.63, 3.8) is 0 Å². The molecule has 0 unspecified atom stereocenters. The van der Waals surface area contributed by atoms with E-state index in [1.54, 1.807) is 48.5 Å². The largest absolute Gasteiger partial charge is 0.322 e. The number of hydrogen-bond acceptors (Lipinski definition) is 3. The third-order valence-electron chi connectivity index (χ3n) is 7.99. The number of fused-ring (bicyclic) bond motifs is 3. The van der Waals surface area contributed by atoms with E-state index in [0.717, 1.165) is 17.8 Å². The van der Waals surface area contributed by atoms with Crippen LogP contribution in [0.15, 0.2) is 66.7 Å². The van der Waals surface area contributed by atoms with Gasteiger partial charge in [-0.25, -0.2) is 0 Å². The van der Waals surface area contributed by atoms with Gasteiger partial charge in [0.2, 0.25) is 0 Å². The van der Waals surface area contributed by atoms with Gasteiger partial charge in [-0.3, -0.25) is 14.5 Å². The molecule has 7 rings (SSSR count). The Morgan fingerprint density at radius 2 is 1.64 bits per heavy atom. The second kappa shape index (κ2) is 9.55. The number of nitrogens with zero attached hydrogens (tertiary/aromatic N) is 2. The van der Waals surface area contributed by atoms with Crippen LogP contribution in [0.25, 0.3) is 0 Å². The van der Waals surface area contributed by atoms with Gasteiger partial charge < -0.3 is 10.2 Å². The van der Waals surface area contributed by atoms with Crippen LogP contribution in [0.2, 0.25) is 10.0 Å². The van der Waals surface area contributed by atoms with Crippen LogP contribution >= 0.6 is 23.2 Å². The zero-order valence-corrected chi connectivity index (χ0v) is 21.3. The lowest BCUT2D eigenvalue weighted by molar-refractivity contribution is -0.0121. The summed E-state index contributed by atoms with van der Waals surface area (Å²) >= 11 is 12.5. The van der Waals surface area contributed by atoms with Crippen LogP contribution in [0, 0.1) is 5.92 Å². The number of carbonyl (C=O) groups excluding carboxylic acids is 2. The first kappa shape index (κ1) is 23.5. The van der Waals surface area contributed by atoms with E-state index in [9.17, 15) is 9.59 Å². The van der Waals surface area contributed by atoms with Crippen molar-refractivity contribution in [2.45, 2.75) is 44.3 Å². The zero-order valence-electron chi connectivity index (χ0n) is 19.8. The highest BCUT2D eigenvalue weighted by atomic mass is 35.5. The Morgan fingerprint density at radius 3 is 2.39 bits per heavy atom. The molecule has 3 heterocycles. The van der Waals surface area contributed by atoms with E-state index >= 15 is 0 Å². The average Bonchev–Trinajstić information content (AvgIpc) is 3.07. The molecular formula is C29H27Cl2N3O2. The minimum Gasteiger partial charge on any atom is -0.322 e. The first-order valence-electron chi connectivity index (χ1n) is 12.5. The maximum atomic E-state index is 13.9. The summed E-state index contributed by atoms with van der Waals surface area (Å²) in [6.45, 7) is 1.51. The van der Waals surface area contributed by atoms with Crippen molar-refractivity contribution in [1.82, 2.24) is 4.90 Å². The number of amides is 2. The molecule has 0 aromatic heterocycles. The summed E-state index contributed by atoms with van der Waals surface area (Å²) in [7, 11) is 0. The fourth-order valence-corrected chi connectivity index (χ4v) is 6.59. The monoisotopic (exact) mass is 519 g/mol. The predicted octanol–water partition coefficient (Wildman–Crippen LogP) is 6.65. The Labute approximate surface area is 221 Å². The van der Waals surface area contributed by atoms with Crippen molar-refractivity contribution in [2.75, 3.05) is 16.8 Å². The number of piperidine rings is 2. The van der Waals surface area contributed by atoms with E-state index < -0.39 is 0 Å². The molecule has 4 aliphatic rings. The number of anilines is 2. The highest BCUT2D eigenvalue weighted by Crippen LogP contribution is 2.44. The summed E-state index contributed by atoms with van der Waals surface area (Å²) in [5.41, 5.74) is 3.64. The molecular weight excluding hydrogens is 493 g/mol. The first-order chi connectivity index (χ1) is 17.5. The molecule has 2 saturated heterocycles. The van der Waals surface area contributed by atoms with Crippen molar-refractivity contribution >= 4 is 46.4 Å². The van der Waals surface area contributed by atoms with Crippen molar-refractivity contribution < 1.29 is 9.59 Å². The quantitative estimate of drug-likeness (QED) is 0.421. The van der Waals surface area contributed by atoms with Gasteiger partial charge in [-0.05, 0) is 91.8 Å². The summed E-state index contributed by atoms with van der Waals surface area (Å²) < 4.78 is 0. The number of rotatable bonds is 3. The third-order valence-corrected chi connectivity index (χ3v) is 8.55. The molecule has 1 saturated carbocycles. The van der Waals surface area contributed by atoms with E-state index in [2.05, 4.69) is 10.2 Å². The lowest BCUT2D eigenvalue weighted by Gasteiger charge is -2.51. The molecule has 184 valence electrons. The topological polar surface area (TPSA) is 52.7 Å². The van der Waals surface area contributed by atoms with E-state index in [4.69, 9.17) is 23.2 Å². The van der Waals surface area contributed by atoms with Crippen molar-refractivity contribution in [2.24, 2.45) is 5.92 Å². The van der Waals surface area contributed by atoms with Crippen molar-refractivity contribution in [3.05, 3.63) is 93.5 Å². The van der Waals surface area contributed by atoms with Gasteiger partial charge in [0.05, 0.1) is 10.6 Å². The second-order valence-electron chi connectivity index (χ2n) is 10.0. The van der Waals surface area contributed by atoms with E-state index in [0.29, 0.717) is 51.4 Å². The van der Waals surface area contributed by atoms with Crippen LogP contribution in [-0.2, 0) is 6.54 Å². The van der Waals surface area contributed by atoms with Crippen LogP contribution in [-0.4, -0.2) is 35.3 Å². The van der Waals surface area contributed by atoms with Crippen molar-refractivity contribution in [3.8, 4) is 0 Å². The summed E-state index contributed by atoms with van der Waals surface area (Å²) in [5.74, 6) is 0.300. The Bertz CT molecular complexity index is 1320. The maximum absolute atomic E-state index is 13.9. The molecule has 3 aliphatic heterocycles. The highest BCUT2D eigenvalue weighted by Gasteiger charge is 2.44. The molecule has 5 nitrogen and oxygen atoms in total. The first-order valence-corrected chi connectivity index (χ1v) is 13.3. The molecule has 2 amide bonds. The van der Waals surface area contributed by atoms with Crippen LogP contribution in [0.4, 0.5) is 11.4 Å². The van der Waals surface area contributed by atoms with Gasteiger partial charge in [0.25, 0.3) is 11.8 Å². The molecule has 2 bridgehead atoms. The second-order valence-corrected chi connectivity index (χ2v) is 10.9. The molecule has 1 aliphatic carbocycles. The Kier molecular flexibility index (Phi) is 6.24. The summed E-state index contributed by atoms with van der Waals surface area (Å²) in [6, 6.07) is 20.8. The molecule has 0 radical (unpaired) electrons. The fourth-order valence-electron chi connectivity index (χ4n) is 6.17. The zero-order chi connectivity index (χ0) is 24.8. The Balaban J connectivity index is 1.26. The lowest BCUT2D eigenvalue weighted by atomic mass is 9.74. The molecule has 3 aromatic carbocycles. The predicted molar refractivity (Wildman–Crippen MR) is 144 cm³/mol. The molecule has 1 N–H and O–H groups in total. The lowest BCUT2D eigenvalue weighted by Crippen LogP contribution is -2.57. The molecule has 0 spiro atoms. The molecule has 3 aromatic rings. The van der Waals surface area contributed by atoms with Gasteiger partial charge in [-0.2, -0.15) is 0 Å². The fraction of sp³-hybridized carbons (Fsp3) is 0.310. The van der Waals surface area contributed by atoms with Crippen LogP contribution in [0.1, 0.15) is 52.0 Å². The number of hydrogen-bond donors (Lipinski definition) is 1. The Hall–Kier alpha value is -2.86. The van der Waals surface area contributed by atoms with Crippen LogP contribution in [0.5, 0.6) is 0 Å². The standard InChI is InChI=1S/C29H27Cl2N3O2/c30-21-9-14-26-20(15-21)16-33-23-12-7-18(8-13-23)27(33)17-34(26)29(36)19-5-10-22(11-6-19)32-28(35)24-3-1-2-4-25(24)31/h1-6,9-11,14-15,18,23,27H,7-8,12-13,16-17H2,(H,32,35)/t18?,23?,27-/m1/s1. The van der Waals surface area contributed by atoms with E-state index in [-0.39, 0.29) is 11.8 Å². The minimum atomic E-state index is -0.287. The van der Waals surface area contributed by atoms with E-state index in [1.165, 1.54) is 25.7 Å². The molecule has 7 heteroatoms. The van der Waals surface area contributed by atoms with Gasteiger partial charge >= 0.3 is 0 Å². The van der Waals surface area contributed by atoms with Crippen LogP contribution in [0.3, 0.4) is 0 Å². The van der Waals surface area contributed by atoms with E-state index in [1.807, 2.05) is 23.1 Å². The van der Waals surface area contributed by atoms with Gasteiger partial charge in [0.1, 0.15) is 0 Å². The normalized spacial score (nSPS) is 22.9. The maximum Gasteiger partial charge on any atom is 0.258 e. The molecule has 3 fully saturated rings. The van der Waals surface area contributed by atoms with Crippen LogP contribution < -0.4 is 10.2 Å². The van der Waals surface area contributed by atoms with Gasteiger partial charge in [0, 0.05) is 47.1 Å². The minimum absolute atomic E-state index is 0.0363. The number of nitrogens with one attached hydrogen (secondary N) is 1. The summed E-state index contributed by atoms with van der Waals surface area (Å²) in [6.07, 6.45) is 4.97. The van der Waals surface area contributed by atoms with Gasteiger partial charge in [-0.1, -0.05) is 35.3 Å². The SMILES string of the molecule is O=C(Nc1ccc(C(=O)N2C[C@@H]3C4CCC(CC4)N3Cc3cc(Cl)ccc32)cc1)c1ccccc1Cl. The van der Waals surface area contributed by atoms with Gasteiger partial charge in [0.15, 0.2) is 0 Å². The van der Waals surface area contributed by atoms with Crippen molar-refractivity contribution in [1.29, 1.82) is 0 Å². The molecule has 36 heavy (non-hydrogen) atoms. The number of benzene rings is 3.